The van der Waals surface area contributed by atoms with Gasteiger partial charge >= 0.3 is 11.9 Å². The number of nitrogens with zero attached hydrogens (tertiary/aromatic N) is 1. The van der Waals surface area contributed by atoms with E-state index in [-0.39, 0.29) is 42.7 Å². The van der Waals surface area contributed by atoms with Crippen LogP contribution in [0.2, 0.25) is 0 Å². The van der Waals surface area contributed by atoms with Gasteiger partial charge in [0.15, 0.2) is 6.10 Å². The van der Waals surface area contributed by atoms with Crippen molar-refractivity contribution >= 4 is 17.9 Å². The second-order valence-corrected chi connectivity index (χ2v) is 14.5. The summed E-state index contributed by atoms with van der Waals surface area (Å²) in [6, 6.07) is -0.722. The quantitative estimate of drug-likeness (QED) is 0.0286. The molecule has 8 nitrogen and oxygen atoms in total. The van der Waals surface area contributed by atoms with E-state index in [0.29, 0.717) is 12.8 Å². The Kier molecular flexibility index (Phi) is 31.0. The highest BCUT2D eigenvalue weighted by atomic mass is 16.6. The number of ether oxygens (including phenoxy) is 3. The van der Waals surface area contributed by atoms with Crippen LogP contribution in [-0.4, -0.2) is 75.5 Å². The second kappa shape index (κ2) is 32.3. The Morgan fingerprint density at radius 3 is 1.52 bits per heavy atom. The van der Waals surface area contributed by atoms with E-state index in [9.17, 15) is 19.5 Å². The zero-order chi connectivity index (χ0) is 35.7. The molecule has 2 unspecified atom stereocenters. The molecule has 0 bridgehead atoms. The molecule has 0 spiro atoms. The fourth-order valence-electron chi connectivity index (χ4n) is 5.77. The van der Waals surface area contributed by atoms with Crippen molar-refractivity contribution in [2.75, 3.05) is 41.0 Å². The van der Waals surface area contributed by atoms with Gasteiger partial charge in [-0.25, -0.2) is 0 Å². The monoisotopic (exact) mass is 682 g/mol. The molecule has 0 saturated carbocycles. The van der Waals surface area contributed by atoms with Crippen LogP contribution in [0.5, 0.6) is 0 Å². The molecule has 0 aliphatic heterocycles. The number of hydrogen-bond donors (Lipinski definition) is 0. The molecule has 0 aliphatic carbocycles. The summed E-state index contributed by atoms with van der Waals surface area (Å²) in [5.74, 6) is -1.75. The Labute approximate surface area is 295 Å². The van der Waals surface area contributed by atoms with Gasteiger partial charge in [-0.3, -0.25) is 9.59 Å². The minimum absolute atomic E-state index is 0.0394. The normalized spacial score (nSPS) is 13.1. The van der Waals surface area contributed by atoms with Crippen LogP contribution < -0.4 is 5.11 Å². The molecule has 8 heteroatoms. The molecule has 0 amide bonds. The molecule has 0 radical (unpaired) electrons. The van der Waals surface area contributed by atoms with Crippen LogP contribution in [0.4, 0.5) is 0 Å². The Bertz CT molecular complexity index is 808. The lowest BCUT2D eigenvalue weighted by Crippen LogP contribution is -2.55. The van der Waals surface area contributed by atoms with E-state index in [4.69, 9.17) is 14.2 Å². The van der Waals surface area contributed by atoms with Gasteiger partial charge in [-0.2, -0.15) is 0 Å². The first-order chi connectivity index (χ1) is 23.1. The van der Waals surface area contributed by atoms with E-state index in [2.05, 4.69) is 26.0 Å². The highest BCUT2D eigenvalue weighted by Gasteiger charge is 2.25. The van der Waals surface area contributed by atoms with Crippen molar-refractivity contribution in [3.05, 3.63) is 12.2 Å². The summed E-state index contributed by atoms with van der Waals surface area (Å²) in [5, 5.41) is 11.6. The number of aliphatic carboxylic acids is 1. The third kappa shape index (κ3) is 30.2. The molecule has 0 fully saturated rings. The van der Waals surface area contributed by atoms with E-state index in [1.165, 1.54) is 89.9 Å². The number of carboxylic acids is 1. The topological polar surface area (TPSA) is 102 Å². The van der Waals surface area contributed by atoms with E-state index in [1.54, 1.807) is 21.1 Å². The van der Waals surface area contributed by atoms with Crippen LogP contribution >= 0.6 is 0 Å². The molecular formula is C40H75NO7. The number of rotatable bonds is 35. The maximum atomic E-state index is 12.6. The highest BCUT2D eigenvalue weighted by Crippen LogP contribution is 2.13. The van der Waals surface area contributed by atoms with Gasteiger partial charge in [0.2, 0.25) is 0 Å². The van der Waals surface area contributed by atoms with Crippen molar-refractivity contribution in [1.82, 2.24) is 0 Å². The number of carboxylic acid groups (broad SMARTS) is 1. The van der Waals surface area contributed by atoms with Crippen molar-refractivity contribution < 1.29 is 38.2 Å². The fraction of sp³-hybridized carbons (Fsp3) is 0.875. The van der Waals surface area contributed by atoms with Gasteiger partial charge in [-0.05, 0) is 38.5 Å². The molecule has 0 aromatic carbocycles. The fourth-order valence-corrected chi connectivity index (χ4v) is 5.77. The average Bonchev–Trinajstić information content (AvgIpc) is 3.03. The van der Waals surface area contributed by atoms with Crippen LogP contribution in [0.25, 0.3) is 0 Å². The summed E-state index contributed by atoms with van der Waals surface area (Å²) in [5.41, 5.74) is 0. The van der Waals surface area contributed by atoms with E-state index in [1.807, 2.05) is 0 Å². The Morgan fingerprint density at radius 1 is 0.604 bits per heavy atom. The van der Waals surface area contributed by atoms with Gasteiger partial charge < -0.3 is 28.6 Å². The average molecular weight is 682 g/mol. The minimum atomic E-state index is -1.13. The number of allylic oxidation sites excluding steroid dienone is 2. The van der Waals surface area contributed by atoms with Crippen LogP contribution in [0.3, 0.4) is 0 Å². The lowest BCUT2D eigenvalue weighted by Gasteiger charge is -2.34. The lowest BCUT2D eigenvalue weighted by molar-refractivity contribution is -0.889. The summed E-state index contributed by atoms with van der Waals surface area (Å²) >= 11 is 0. The SMILES string of the molecule is CCCCCCCCC/C=C/CCCCCC(=O)OC(COCCC(C(=O)[O-])[N+](C)(C)C)COC(=O)CCCCCCCCCCCC. The third-order valence-corrected chi connectivity index (χ3v) is 8.90. The smallest absolute Gasteiger partial charge is 0.306 e. The zero-order valence-corrected chi connectivity index (χ0v) is 31.9. The van der Waals surface area contributed by atoms with Crippen LogP contribution in [0.15, 0.2) is 12.2 Å². The first kappa shape index (κ1) is 46.1. The largest absolute Gasteiger partial charge is 0.544 e. The van der Waals surface area contributed by atoms with E-state index >= 15 is 0 Å². The van der Waals surface area contributed by atoms with Crippen LogP contribution in [0.1, 0.15) is 174 Å². The van der Waals surface area contributed by atoms with Gasteiger partial charge in [0.25, 0.3) is 0 Å². The first-order valence-corrected chi connectivity index (χ1v) is 19.7. The molecule has 0 aromatic heterocycles. The lowest BCUT2D eigenvalue weighted by atomic mass is 10.1. The second-order valence-electron chi connectivity index (χ2n) is 14.5. The maximum Gasteiger partial charge on any atom is 0.306 e. The summed E-state index contributed by atoms with van der Waals surface area (Å²) in [4.78, 5) is 36.6. The molecule has 48 heavy (non-hydrogen) atoms. The van der Waals surface area contributed by atoms with Crippen molar-refractivity contribution in [1.29, 1.82) is 0 Å². The van der Waals surface area contributed by atoms with Crippen LogP contribution in [0, 0.1) is 0 Å². The van der Waals surface area contributed by atoms with Crippen molar-refractivity contribution in [3.8, 4) is 0 Å². The van der Waals surface area contributed by atoms with Gasteiger partial charge in [-0.1, -0.05) is 129 Å². The van der Waals surface area contributed by atoms with Crippen molar-refractivity contribution in [2.45, 2.75) is 187 Å². The molecule has 2 atom stereocenters. The molecule has 0 saturated heterocycles. The first-order valence-electron chi connectivity index (χ1n) is 19.7. The Balaban J connectivity index is 4.42. The molecule has 0 heterocycles. The van der Waals surface area contributed by atoms with Crippen molar-refractivity contribution in [2.24, 2.45) is 0 Å². The highest BCUT2D eigenvalue weighted by molar-refractivity contribution is 5.70. The number of esters is 2. The van der Waals surface area contributed by atoms with Crippen LogP contribution in [-0.2, 0) is 28.6 Å². The number of quaternary nitrogens is 1. The Morgan fingerprint density at radius 2 is 1.04 bits per heavy atom. The molecule has 0 aromatic rings. The van der Waals surface area contributed by atoms with E-state index in [0.717, 1.165) is 51.4 Å². The minimum Gasteiger partial charge on any atom is -0.544 e. The molecule has 282 valence electrons. The van der Waals surface area contributed by atoms with Crippen molar-refractivity contribution in [3.63, 3.8) is 0 Å². The predicted octanol–water partition coefficient (Wildman–Crippen LogP) is 8.63. The third-order valence-electron chi connectivity index (χ3n) is 8.90. The summed E-state index contributed by atoms with van der Waals surface area (Å²) in [7, 11) is 5.40. The number of likely N-dealkylation sites (N-methyl/N-ethyl adjacent to an activating group) is 1. The summed E-state index contributed by atoms with van der Waals surface area (Å²) < 4.78 is 17.1. The number of hydrogen-bond acceptors (Lipinski definition) is 7. The van der Waals surface area contributed by atoms with E-state index < -0.39 is 18.1 Å². The van der Waals surface area contributed by atoms with Gasteiger partial charge in [-0.15, -0.1) is 0 Å². The summed E-state index contributed by atoms with van der Waals surface area (Å²) in [6.07, 6.45) is 30.9. The maximum absolute atomic E-state index is 12.6. The molecule has 0 aliphatic rings. The molecular weight excluding hydrogens is 606 g/mol. The van der Waals surface area contributed by atoms with Gasteiger partial charge in [0.1, 0.15) is 12.6 Å². The zero-order valence-electron chi connectivity index (χ0n) is 31.9. The Hall–Kier alpha value is -1.93. The number of carbonyl (C=O) groups is 3. The molecule has 0 rings (SSSR count). The predicted molar refractivity (Wildman–Crippen MR) is 194 cm³/mol. The van der Waals surface area contributed by atoms with Gasteiger partial charge in [0, 0.05) is 19.3 Å². The van der Waals surface area contributed by atoms with Gasteiger partial charge in [0.05, 0.1) is 40.3 Å². The summed E-state index contributed by atoms with van der Waals surface area (Å²) in [6.45, 7) is 4.63. The number of unbranched alkanes of at least 4 members (excludes halogenated alkanes) is 19. The molecule has 0 N–H and O–H groups in total. The number of carbonyl (C=O) groups excluding carboxylic acids is 3. The standard InChI is InChI=1S/C40H75NO7/c1-6-8-10-12-14-16-18-19-20-21-23-25-27-29-31-39(43)48-36(34-46-33-32-37(40(44)45)41(3,4)5)35-47-38(42)30-28-26-24-22-17-15-13-11-9-7-2/h20-21,36-37H,6-19,22-35H2,1-5H3/b21-20+.